The van der Waals surface area contributed by atoms with Crippen molar-refractivity contribution in [3.63, 3.8) is 0 Å². The highest BCUT2D eigenvalue weighted by Crippen LogP contribution is 2.44. The van der Waals surface area contributed by atoms with Gasteiger partial charge < -0.3 is 5.32 Å². The summed E-state index contributed by atoms with van der Waals surface area (Å²) in [5.74, 6) is 0.753. The molecule has 0 bridgehead atoms. The van der Waals surface area contributed by atoms with Crippen LogP contribution < -0.4 is 5.32 Å². The first-order valence-corrected chi connectivity index (χ1v) is 6.74. The van der Waals surface area contributed by atoms with Crippen LogP contribution >= 0.6 is 0 Å². The Morgan fingerprint density at radius 3 is 2.59 bits per heavy atom. The van der Waals surface area contributed by atoms with Crippen LogP contribution in [0.4, 0.5) is 4.39 Å². The Morgan fingerprint density at radius 1 is 1.24 bits per heavy atom. The second-order valence-electron chi connectivity index (χ2n) is 5.75. The Morgan fingerprint density at radius 2 is 2.00 bits per heavy atom. The molecule has 1 saturated carbocycles. The maximum Gasteiger partial charge on any atom is 0.123 e. The Kier molecular flexibility index (Phi) is 2.91. The molecule has 0 radical (unpaired) electrons. The molecule has 1 aliphatic heterocycles. The van der Waals surface area contributed by atoms with Crippen molar-refractivity contribution in [2.24, 2.45) is 11.3 Å². The van der Waals surface area contributed by atoms with Gasteiger partial charge in [0.05, 0.1) is 0 Å². The van der Waals surface area contributed by atoms with Gasteiger partial charge in [-0.1, -0.05) is 25.0 Å². The molecule has 1 aromatic rings. The average Bonchev–Trinajstić information content (AvgIpc) is 2.77. The molecule has 1 N–H and O–H groups in total. The van der Waals surface area contributed by atoms with Crippen LogP contribution in [0, 0.1) is 17.2 Å². The molecule has 3 rings (SSSR count). The minimum Gasteiger partial charge on any atom is -0.315 e. The molecule has 0 atom stereocenters. The van der Waals surface area contributed by atoms with E-state index in [2.05, 4.69) is 11.4 Å². The van der Waals surface area contributed by atoms with Crippen LogP contribution in [0.25, 0.3) is 0 Å². The molecular weight excluding hydrogens is 213 g/mol. The lowest BCUT2D eigenvalue weighted by Crippen LogP contribution is -2.58. The van der Waals surface area contributed by atoms with Crippen molar-refractivity contribution in [1.29, 1.82) is 0 Å². The van der Waals surface area contributed by atoms with Crippen LogP contribution in [0.2, 0.25) is 0 Å². The molecule has 2 fully saturated rings. The van der Waals surface area contributed by atoms with Gasteiger partial charge in [-0.15, -0.1) is 0 Å². The third-order valence-corrected chi connectivity index (χ3v) is 4.62. The first-order chi connectivity index (χ1) is 8.28. The predicted molar refractivity (Wildman–Crippen MR) is 67.4 cm³/mol. The summed E-state index contributed by atoms with van der Waals surface area (Å²) in [4.78, 5) is 0. The molecule has 0 amide bonds. The lowest BCUT2D eigenvalue weighted by molar-refractivity contribution is 0.0811. The van der Waals surface area contributed by atoms with E-state index in [1.165, 1.54) is 37.3 Å². The zero-order valence-corrected chi connectivity index (χ0v) is 10.2. The van der Waals surface area contributed by atoms with E-state index < -0.39 is 0 Å². The molecule has 1 heterocycles. The van der Waals surface area contributed by atoms with Crippen molar-refractivity contribution in [3.05, 3.63) is 35.6 Å². The topological polar surface area (TPSA) is 12.0 Å². The van der Waals surface area contributed by atoms with Gasteiger partial charge in [-0.05, 0) is 42.9 Å². The number of benzene rings is 1. The van der Waals surface area contributed by atoms with E-state index in [-0.39, 0.29) is 5.82 Å². The second kappa shape index (κ2) is 4.41. The van der Waals surface area contributed by atoms with Gasteiger partial charge in [-0.3, -0.25) is 0 Å². The molecule has 92 valence electrons. The minimum absolute atomic E-state index is 0.101. The van der Waals surface area contributed by atoms with Crippen LogP contribution in [0.5, 0.6) is 0 Å². The molecule has 0 unspecified atom stereocenters. The van der Waals surface area contributed by atoms with E-state index in [1.54, 1.807) is 6.07 Å². The van der Waals surface area contributed by atoms with Gasteiger partial charge in [0.2, 0.25) is 0 Å². The Balaban J connectivity index is 1.77. The lowest BCUT2D eigenvalue weighted by Gasteiger charge is -2.47. The smallest absolute Gasteiger partial charge is 0.123 e. The zero-order chi connectivity index (χ0) is 11.7. The summed E-state index contributed by atoms with van der Waals surface area (Å²) in [5.41, 5.74) is 1.59. The minimum atomic E-state index is -0.101. The van der Waals surface area contributed by atoms with Crippen LogP contribution in [-0.2, 0) is 6.42 Å². The summed E-state index contributed by atoms with van der Waals surface area (Å²) in [7, 11) is 0. The quantitative estimate of drug-likeness (QED) is 0.845. The van der Waals surface area contributed by atoms with Crippen LogP contribution in [0.3, 0.4) is 0 Å². The van der Waals surface area contributed by atoms with Crippen molar-refractivity contribution in [2.45, 2.75) is 32.1 Å². The number of nitrogens with one attached hydrogen (secondary N) is 1. The van der Waals surface area contributed by atoms with Crippen molar-refractivity contribution in [2.75, 3.05) is 13.1 Å². The zero-order valence-electron chi connectivity index (χ0n) is 10.2. The van der Waals surface area contributed by atoms with E-state index in [9.17, 15) is 4.39 Å². The molecule has 1 aliphatic carbocycles. The van der Waals surface area contributed by atoms with Crippen molar-refractivity contribution < 1.29 is 4.39 Å². The van der Waals surface area contributed by atoms with E-state index in [4.69, 9.17) is 0 Å². The van der Waals surface area contributed by atoms with Crippen molar-refractivity contribution in [3.8, 4) is 0 Å². The second-order valence-corrected chi connectivity index (χ2v) is 5.75. The molecule has 2 aliphatic rings. The average molecular weight is 233 g/mol. The fourth-order valence-electron chi connectivity index (χ4n) is 3.60. The van der Waals surface area contributed by atoms with Crippen LogP contribution in [-0.4, -0.2) is 13.1 Å². The monoisotopic (exact) mass is 233 g/mol. The highest BCUT2D eigenvalue weighted by molar-refractivity contribution is 5.20. The van der Waals surface area contributed by atoms with Gasteiger partial charge >= 0.3 is 0 Å². The molecule has 2 heteroatoms. The molecule has 1 aromatic carbocycles. The third-order valence-electron chi connectivity index (χ3n) is 4.62. The van der Waals surface area contributed by atoms with Crippen molar-refractivity contribution >= 4 is 0 Å². The maximum absolute atomic E-state index is 13.2. The fourth-order valence-corrected chi connectivity index (χ4v) is 3.60. The highest BCUT2D eigenvalue weighted by atomic mass is 19.1. The number of hydrogen-bond donors (Lipinski definition) is 1. The fraction of sp³-hybridized carbons (Fsp3) is 0.600. The Hall–Kier alpha value is -0.890. The molecule has 1 saturated heterocycles. The van der Waals surface area contributed by atoms with Crippen molar-refractivity contribution in [1.82, 2.24) is 5.32 Å². The summed E-state index contributed by atoms with van der Waals surface area (Å²) < 4.78 is 13.2. The summed E-state index contributed by atoms with van der Waals surface area (Å²) in [5, 5.41) is 3.42. The van der Waals surface area contributed by atoms with Gasteiger partial charge in [0.15, 0.2) is 0 Å². The predicted octanol–water partition coefficient (Wildman–Crippen LogP) is 3.15. The Bertz CT molecular complexity index is 392. The van der Waals surface area contributed by atoms with E-state index in [0.717, 1.165) is 25.4 Å². The van der Waals surface area contributed by atoms with Gasteiger partial charge in [-0.25, -0.2) is 4.39 Å². The molecule has 1 nitrogen and oxygen atoms in total. The van der Waals surface area contributed by atoms with Crippen LogP contribution in [0.1, 0.15) is 31.2 Å². The Labute approximate surface area is 102 Å². The van der Waals surface area contributed by atoms with Gasteiger partial charge in [0.1, 0.15) is 5.82 Å². The first-order valence-electron chi connectivity index (χ1n) is 6.74. The molecule has 0 spiro atoms. The van der Waals surface area contributed by atoms with Gasteiger partial charge in [0, 0.05) is 18.5 Å². The number of rotatable bonds is 3. The lowest BCUT2D eigenvalue weighted by atomic mass is 9.66. The molecule has 17 heavy (non-hydrogen) atoms. The summed E-state index contributed by atoms with van der Waals surface area (Å²) >= 11 is 0. The highest BCUT2D eigenvalue weighted by Gasteiger charge is 2.44. The maximum atomic E-state index is 13.2. The molecule has 0 aromatic heterocycles. The summed E-state index contributed by atoms with van der Waals surface area (Å²) in [6.45, 7) is 2.24. The van der Waals surface area contributed by atoms with E-state index in [1.807, 2.05) is 6.07 Å². The first kappa shape index (κ1) is 11.2. The standard InChI is InChI=1S/C15H20FN/c16-14-7-3-4-12(8-14)9-15(10-17-11-15)13-5-1-2-6-13/h3-4,7-8,13,17H,1-2,5-6,9-11H2. The van der Waals surface area contributed by atoms with E-state index in [0.29, 0.717) is 5.41 Å². The van der Waals surface area contributed by atoms with Gasteiger partial charge in [0.25, 0.3) is 0 Å². The number of halogens is 1. The van der Waals surface area contributed by atoms with Crippen LogP contribution in [0.15, 0.2) is 24.3 Å². The van der Waals surface area contributed by atoms with E-state index >= 15 is 0 Å². The SMILES string of the molecule is Fc1cccc(CC2(C3CCCC3)CNC2)c1. The third kappa shape index (κ3) is 2.11. The van der Waals surface area contributed by atoms with Gasteiger partial charge in [-0.2, -0.15) is 0 Å². The summed E-state index contributed by atoms with van der Waals surface area (Å²) in [6.07, 6.45) is 6.56. The number of hydrogen-bond acceptors (Lipinski definition) is 1. The normalized spacial score (nSPS) is 23.6. The summed E-state index contributed by atoms with van der Waals surface area (Å²) in [6, 6.07) is 7.14. The molecular formula is C15H20FN. The largest absolute Gasteiger partial charge is 0.315 e.